The minimum absolute atomic E-state index is 0.113. The van der Waals surface area contributed by atoms with Crippen LogP contribution in [0.3, 0.4) is 0 Å². The predicted octanol–water partition coefficient (Wildman–Crippen LogP) is 3.66. The third-order valence-corrected chi connectivity index (χ3v) is 4.51. The number of amides is 1. The van der Waals surface area contributed by atoms with Crippen molar-refractivity contribution < 1.29 is 14.5 Å². The third kappa shape index (κ3) is 3.86. The van der Waals surface area contributed by atoms with E-state index in [2.05, 4.69) is 10.3 Å². The molecule has 1 N–H and O–H groups in total. The zero-order valence-electron chi connectivity index (χ0n) is 13.8. The fraction of sp³-hybridized carbons (Fsp3) is 0.111. The number of thiazole rings is 1. The van der Waals surface area contributed by atoms with Crippen molar-refractivity contribution in [1.82, 2.24) is 10.3 Å². The van der Waals surface area contributed by atoms with Gasteiger partial charge in [0.15, 0.2) is 0 Å². The number of nitrogens with zero attached hydrogens (tertiary/aromatic N) is 2. The lowest BCUT2D eigenvalue weighted by molar-refractivity contribution is -0.384. The topological polar surface area (TPSA) is 94.4 Å². The molecule has 1 amide bonds. The Hall–Kier alpha value is -3.26. The number of non-ortho nitro benzene ring substituents is 1. The van der Waals surface area contributed by atoms with Gasteiger partial charge in [-0.25, -0.2) is 4.98 Å². The van der Waals surface area contributed by atoms with E-state index < -0.39 is 10.8 Å². The SMILES string of the molecule is COc1ccc([N+](=O)[O-])cc1C(=O)NCc1nc(-c2ccccc2)cs1. The molecule has 0 aliphatic rings. The summed E-state index contributed by atoms with van der Waals surface area (Å²) in [6.45, 7) is 0.224. The molecule has 0 atom stereocenters. The van der Waals surface area contributed by atoms with Crippen molar-refractivity contribution in [3.8, 4) is 17.0 Å². The van der Waals surface area contributed by atoms with Crippen LogP contribution in [0.4, 0.5) is 5.69 Å². The van der Waals surface area contributed by atoms with Crippen molar-refractivity contribution >= 4 is 22.9 Å². The highest BCUT2D eigenvalue weighted by Gasteiger charge is 2.17. The van der Waals surface area contributed by atoms with Crippen LogP contribution in [0.2, 0.25) is 0 Å². The third-order valence-electron chi connectivity index (χ3n) is 3.66. The Bertz CT molecular complexity index is 941. The van der Waals surface area contributed by atoms with Gasteiger partial charge in [-0.3, -0.25) is 14.9 Å². The summed E-state index contributed by atoms with van der Waals surface area (Å²) < 4.78 is 5.12. The first kappa shape index (κ1) is 17.6. The molecule has 1 heterocycles. The number of hydrogen-bond acceptors (Lipinski definition) is 6. The van der Waals surface area contributed by atoms with E-state index in [9.17, 15) is 14.9 Å². The summed E-state index contributed by atoms with van der Waals surface area (Å²) >= 11 is 1.43. The molecule has 0 radical (unpaired) electrons. The van der Waals surface area contributed by atoms with Gasteiger partial charge in [0.25, 0.3) is 11.6 Å². The molecular weight excluding hydrogens is 354 g/mol. The van der Waals surface area contributed by atoms with Gasteiger partial charge in [-0.1, -0.05) is 30.3 Å². The minimum Gasteiger partial charge on any atom is -0.496 e. The molecule has 3 aromatic rings. The highest BCUT2D eigenvalue weighted by Crippen LogP contribution is 2.25. The summed E-state index contributed by atoms with van der Waals surface area (Å²) in [5.74, 6) is -0.181. The number of carbonyl (C=O) groups is 1. The minimum atomic E-state index is -0.552. The zero-order chi connectivity index (χ0) is 18.5. The highest BCUT2D eigenvalue weighted by atomic mass is 32.1. The maximum absolute atomic E-state index is 12.4. The van der Waals surface area contributed by atoms with Gasteiger partial charge >= 0.3 is 0 Å². The fourth-order valence-electron chi connectivity index (χ4n) is 2.37. The Kier molecular flexibility index (Phi) is 5.23. The molecular formula is C18H15N3O4S. The highest BCUT2D eigenvalue weighted by molar-refractivity contribution is 7.09. The fourth-order valence-corrected chi connectivity index (χ4v) is 3.11. The van der Waals surface area contributed by atoms with Crippen LogP contribution in [0.25, 0.3) is 11.3 Å². The molecule has 7 nitrogen and oxygen atoms in total. The lowest BCUT2D eigenvalue weighted by Gasteiger charge is -2.08. The average Bonchev–Trinajstić information content (AvgIpc) is 3.15. The molecule has 0 unspecified atom stereocenters. The first-order chi connectivity index (χ1) is 12.6. The number of ether oxygens (including phenoxy) is 1. The van der Waals surface area contributed by atoms with Crippen molar-refractivity contribution in [3.05, 3.63) is 74.6 Å². The first-order valence-electron chi connectivity index (χ1n) is 7.69. The van der Waals surface area contributed by atoms with E-state index in [-0.39, 0.29) is 23.5 Å². The van der Waals surface area contributed by atoms with Gasteiger partial charge in [0.05, 0.1) is 29.8 Å². The van der Waals surface area contributed by atoms with Crippen LogP contribution in [0.15, 0.2) is 53.9 Å². The van der Waals surface area contributed by atoms with Crippen LogP contribution in [-0.4, -0.2) is 22.9 Å². The second-order valence-corrected chi connectivity index (χ2v) is 6.26. The van der Waals surface area contributed by atoms with Crippen LogP contribution >= 0.6 is 11.3 Å². The molecule has 0 saturated heterocycles. The number of nitro benzene ring substituents is 1. The second kappa shape index (κ2) is 7.75. The summed E-state index contributed by atoms with van der Waals surface area (Å²) in [5.41, 5.74) is 1.78. The van der Waals surface area contributed by atoms with Crippen molar-refractivity contribution in [2.45, 2.75) is 6.54 Å². The van der Waals surface area contributed by atoms with Gasteiger partial charge in [-0.05, 0) is 6.07 Å². The molecule has 1 aromatic heterocycles. The Morgan fingerprint density at radius 1 is 1.27 bits per heavy atom. The predicted molar refractivity (Wildman–Crippen MR) is 98.4 cm³/mol. The number of hydrogen-bond donors (Lipinski definition) is 1. The Labute approximate surface area is 153 Å². The molecule has 0 saturated carbocycles. The number of aromatic nitrogens is 1. The molecule has 2 aromatic carbocycles. The molecule has 0 bridgehead atoms. The largest absolute Gasteiger partial charge is 0.496 e. The summed E-state index contributed by atoms with van der Waals surface area (Å²) in [5, 5.41) is 16.3. The Morgan fingerprint density at radius 3 is 2.73 bits per heavy atom. The van der Waals surface area contributed by atoms with Crippen LogP contribution in [-0.2, 0) is 6.54 Å². The van der Waals surface area contributed by atoms with Gasteiger partial charge in [0.2, 0.25) is 0 Å². The maximum atomic E-state index is 12.4. The quantitative estimate of drug-likeness (QED) is 0.529. The van der Waals surface area contributed by atoms with Gasteiger partial charge in [0.1, 0.15) is 10.8 Å². The molecule has 0 spiro atoms. The van der Waals surface area contributed by atoms with E-state index in [1.54, 1.807) is 0 Å². The smallest absolute Gasteiger partial charge is 0.270 e. The standard InChI is InChI=1S/C18H15N3O4S/c1-25-16-8-7-13(21(23)24)9-14(16)18(22)19-10-17-20-15(11-26-17)12-5-3-2-4-6-12/h2-9,11H,10H2,1H3,(H,19,22). The number of rotatable bonds is 6. The van der Waals surface area contributed by atoms with Crippen molar-refractivity contribution in [2.24, 2.45) is 0 Å². The van der Waals surface area contributed by atoms with Crippen molar-refractivity contribution in [1.29, 1.82) is 0 Å². The maximum Gasteiger partial charge on any atom is 0.270 e. The number of methoxy groups -OCH3 is 1. The van der Waals surface area contributed by atoms with E-state index >= 15 is 0 Å². The van der Waals surface area contributed by atoms with Gasteiger partial charge in [-0.2, -0.15) is 0 Å². The Balaban J connectivity index is 1.72. The Morgan fingerprint density at radius 2 is 2.04 bits per heavy atom. The van der Waals surface area contributed by atoms with Gasteiger partial charge in [-0.15, -0.1) is 11.3 Å². The summed E-state index contributed by atoms with van der Waals surface area (Å²) in [6, 6.07) is 13.6. The normalized spacial score (nSPS) is 10.3. The number of nitrogens with one attached hydrogen (secondary N) is 1. The summed E-state index contributed by atoms with van der Waals surface area (Å²) in [6.07, 6.45) is 0. The van der Waals surface area contributed by atoms with Crippen LogP contribution in [0, 0.1) is 10.1 Å². The van der Waals surface area contributed by atoms with Crippen LogP contribution < -0.4 is 10.1 Å². The first-order valence-corrected chi connectivity index (χ1v) is 8.57. The molecule has 0 aliphatic carbocycles. The van der Waals surface area contributed by atoms with E-state index in [0.717, 1.165) is 16.3 Å². The monoisotopic (exact) mass is 369 g/mol. The molecule has 0 aliphatic heterocycles. The van der Waals surface area contributed by atoms with Crippen LogP contribution in [0.5, 0.6) is 5.75 Å². The molecule has 3 rings (SSSR count). The molecule has 132 valence electrons. The van der Waals surface area contributed by atoms with Gasteiger partial charge < -0.3 is 10.1 Å². The molecule has 8 heteroatoms. The number of nitro groups is 1. The zero-order valence-corrected chi connectivity index (χ0v) is 14.7. The molecule has 0 fully saturated rings. The van der Waals surface area contributed by atoms with Crippen molar-refractivity contribution in [3.63, 3.8) is 0 Å². The van der Waals surface area contributed by atoms with E-state index in [1.165, 1.54) is 36.6 Å². The van der Waals surface area contributed by atoms with E-state index in [1.807, 2.05) is 35.7 Å². The van der Waals surface area contributed by atoms with Crippen LogP contribution in [0.1, 0.15) is 15.4 Å². The lowest BCUT2D eigenvalue weighted by Crippen LogP contribution is -2.23. The number of carbonyl (C=O) groups excluding carboxylic acids is 1. The summed E-state index contributed by atoms with van der Waals surface area (Å²) in [7, 11) is 1.41. The number of benzene rings is 2. The summed E-state index contributed by atoms with van der Waals surface area (Å²) in [4.78, 5) is 27.3. The second-order valence-electron chi connectivity index (χ2n) is 5.32. The van der Waals surface area contributed by atoms with E-state index in [4.69, 9.17) is 4.74 Å². The van der Waals surface area contributed by atoms with E-state index in [0.29, 0.717) is 0 Å². The van der Waals surface area contributed by atoms with Crippen molar-refractivity contribution in [2.75, 3.05) is 7.11 Å². The van der Waals surface area contributed by atoms with Gasteiger partial charge in [0, 0.05) is 23.1 Å². The average molecular weight is 369 g/mol. The lowest BCUT2D eigenvalue weighted by atomic mass is 10.1. The molecule has 26 heavy (non-hydrogen) atoms.